The molecule has 0 bridgehead atoms. The van der Waals surface area contributed by atoms with E-state index in [1.165, 1.54) is 12.4 Å². The van der Waals surface area contributed by atoms with Gasteiger partial charge in [-0.2, -0.15) is 5.10 Å². The Morgan fingerprint density at radius 1 is 1.14 bits per heavy atom. The second-order valence-corrected chi connectivity index (χ2v) is 15.4. The van der Waals surface area contributed by atoms with Crippen LogP contribution in [0.3, 0.4) is 0 Å². The molecule has 158 valence electrons. The molecule has 0 radical (unpaired) electrons. The first-order valence-corrected chi connectivity index (χ1v) is 13.7. The summed E-state index contributed by atoms with van der Waals surface area (Å²) in [5, 5.41) is 4.21. The van der Waals surface area contributed by atoms with Crippen molar-refractivity contribution in [1.82, 2.24) is 14.8 Å². The summed E-state index contributed by atoms with van der Waals surface area (Å²) in [5.74, 6) is 0.174. The minimum atomic E-state index is -1.15. The maximum Gasteiger partial charge on any atom is 0.497 e. The Kier molecular flexibility index (Phi) is 6.06. The Hall–Kier alpha value is -1.55. The van der Waals surface area contributed by atoms with Crippen molar-refractivity contribution in [3.8, 4) is 11.4 Å². The molecule has 9 heteroatoms. The lowest BCUT2D eigenvalue weighted by atomic mass is 9.78. The fraction of sp³-hybridized carbons (Fsp3) is 0.600. The molecule has 0 spiro atoms. The van der Waals surface area contributed by atoms with Crippen LogP contribution in [0.25, 0.3) is 11.4 Å². The predicted molar refractivity (Wildman–Crippen MR) is 115 cm³/mol. The third-order valence-electron chi connectivity index (χ3n) is 5.59. The molecule has 0 atom stereocenters. The molecule has 1 aromatic carbocycles. The first-order valence-electron chi connectivity index (χ1n) is 10.0. The zero-order valence-corrected chi connectivity index (χ0v) is 19.5. The van der Waals surface area contributed by atoms with E-state index < -0.39 is 32.2 Å². The highest BCUT2D eigenvalue weighted by molar-refractivity contribution is 6.76. The van der Waals surface area contributed by atoms with Crippen LogP contribution in [0, 0.1) is 5.82 Å². The summed E-state index contributed by atoms with van der Waals surface area (Å²) in [6.45, 7) is 15.7. The van der Waals surface area contributed by atoms with Crippen LogP contribution in [-0.4, -0.2) is 47.8 Å². The summed E-state index contributed by atoms with van der Waals surface area (Å²) < 4.78 is 34.3. The van der Waals surface area contributed by atoms with Gasteiger partial charge in [0.1, 0.15) is 18.9 Å². The monoisotopic (exact) mass is 419 g/mol. The number of ether oxygens (including phenoxy) is 1. The SMILES string of the molecule is CC1(C)OB(c2ccc(-c3ncnn3COCC[Si](C)(C)C)cc2F)OC1(C)C. The molecule has 0 amide bonds. The van der Waals surface area contributed by atoms with Crippen molar-refractivity contribution in [2.24, 2.45) is 0 Å². The van der Waals surface area contributed by atoms with Crippen LogP contribution < -0.4 is 5.46 Å². The van der Waals surface area contributed by atoms with Gasteiger partial charge in [0.25, 0.3) is 0 Å². The zero-order chi connectivity index (χ0) is 21.4. The Morgan fingerprint density at radius 2 is 1.79 bits per heavy atom. The van der Waals surface area contributed by atoms with Gasteiger partial charge in [-0.15, -0.1) is 0 Å². The molecule has 29 heavy (non-hydrogen) atoms. The summed E-state index contributed by atoms with van der Waals surface area (Å²) in [6, 6.07) is 6.03. The maximum absolute atomic E-state index is 14.9. The van der Waals surface area contributed by atoms with Gasteiger partial charge in [-0.3, -0.25) is 0 Å². The van der Waals surface area contributed by atoms with Crippen LogP contribution in [0.2, 0.25) is 25.7 Å². The van der Waals surface area contributed by atoms with Crippen LogP contribution in [-0.2, 0) is 20.8 Å². The molecular formula is C20H31BFN3O3Si. The van der Waals surface area contributed by atoms with Gasteiger partial charge in [0.05, 0.1) is 11.2 Å². The lowest BCUT2D eigenvalue weighted by Crippen LogP contribution is -2.41. The number of aromatic nitrogens is 3. The van der Waals surface area contributed by atoms with Crippen LogP contribution in [0.1, 0.15) is 27.7 Å². The van der Waals surface area contributed by atoms with E-state index in [1.807, 2.05) is 33.8 Å². The summed E-state index contributed by atoms with van der Waals surface area (Å²) in [6.07, 6.45) is 1.46. The summed E-state index contributed by atoms with van der Waals surface area (Å²) in [7, 11) is -1.89. The normalized spacial score (nSPS) is 18.4. The number of hydrogen-bond acceptors (Lipinski definition) is 5. The van der Waals surface area contributed by atoms with Gasteiger partial charge >= 0.3 is 7.12 Å². The highest BCUT2D eigenvalue weighted by Crippen LogP contribution is 2.36. The number of halogens is 1. The number of rotatable bonds is 7. The molecule has 1 saturated heterocycles. The number of hydrogen-bond donors (Lipinski definition) is 0. The van der Waals surface area contributed by atoms with E-state index in [1.54, 1.807) is 10.7 Å². The van der Waals surface area contributed by atoms with Crippen LogP contribution in [0.15, 0.2) is 24.5 Å². The average molecular weight is 419 g/mol. The molecule has 0 aliphatic carbocycles. The second kappa shape index (κ2) is 7.94. The number of benzene rings is 1. The largest absolute Gasteiger partial charge is 0.497 e. The van der Waals surface area contributed by atoms with Crippen molar-refractivity contribution >= 4 is 20.7 Å². The smallest absolute Gasteiger partial charge is 0.399 e. The van der Waals surface area contributed by atoms with Gasteiger partial charge in [-0.25, -0.2) is 14.1 Å². The predicted octanol–water partition coefficient (Wildman–Crippen LogP) is 3.70. The minimum Gasteiger partial charge on any atom is -0.399 e. The highest BCUT2D eigenvalue weighted by atomic mass is 28.3. The molecular weight excluding hydrogens is 388 g/mol. The summed E-state index contributed by atoms with van der Waals surface area (Å²) in [5.41, 5.74) is -0.0224. The van der Waals surface area contributed by atoms with Gasteiger partial charge in [-0.1, -0.05) is 31.8 Å². The molecule has 1 aliphatic heterocycles. The molecule has 0 N–H and O–H groups in total. The molecule has 3 rings (SSSR count). The highest BCUT2D eigenvalue weighted by Gasteiger charge is 2.52. The second-order valence-electron chi connectivity index (χ2n) is 9.76. The maximum atomic E-state index is 14.9. The molecule has 0 saturated carbocycles. The Bertz CT molecular complexity index is 851. The van der Waals surface area contributed by atoms with Gasteiger partial charge in [0.15, 0.2) is 5.82 Å². The van der Waals surface area contributed by atoms with Gasteiger partial charge in [0.2, 0.25) is 0 Å². The van der Waals surface area contributed by atoms with Crippen molar-refractivity contribution in [3.05, 3.63) is 30.3 Å². The average Bonchev–Trinajstić information content (AvgIpc) is 3.12. The van der Waals surface area contributed by atoms with Gasteiger partial charge in [0, 0.05) is 25.7 Å². The molecule has 1 fully saturated rings. The third kappa shape index (κ3) is 4.96. The topological polar surface area (TPSA) is 58.4 Å². The van der Waals surface area contributed by atoms with Crippen LogP contribution >= 0.6 is 0 Å². The Labute approximate surface area is 173 Å². The van der Waals surface area contributed by atoms with Crippen LogP contribution in [0.4, 0.5) is 4.39 Å². The molecule has 2 heterocycles. The van der Waals surface area contributed by atoms with E-state index in [9.17, 15) is 4.39 Å². The molecule has 1 aliphatic rings. The third-order valence-corrected chi connectivity index (χ3v) is 7.30. The zero-order valence-electron chi connectivity index (χ0n) is 18.5. The standard InChI is InChI=1S/C20H31BFN3O3Si/c1-19(2)20(3,4)28-21(27-19)16-9-8-15(12-17(16)22)18-23-13-24-25(18)14-26-10-11-29(5,6)7/h8-9,12-13H,10-11,14H2,1-7H3. The number of nitrogens with zero attached hydrogens (tertiary/aromatic N) is 3. The summed E-state index contributed by atoms with van der Waals surface area (Å²) >= 11 is 0. The van der Waals surface area contributed by atoms with E-state index in [4.69, 9.17) is 14.0 Å². The van der Waals surface area contributed by atoms with Crippen molar-refractivity contribution < 1.29 is 18.4 Å². The van der Waals surface area contributed by atoms with E-state index in [2.05, 4.69) is 29.7 Å². The fourth-order valence-electron chi connectivity index (χ4n) is 2.94. The van der Waals surface area contributed by atoms with Crippen molar-refractivity contribution in [1.29, 1.82) is 0 Å². The fourth-order valence-corrected chi connectivity index (χ4v) is 3.70. The molecule has 0 unspecified atom stereocenters. The minimum absolute atomic E-state index is 0.292. The molecule has 1 aromatic heterocycles. The lowest BCUT2D eigenvalue weighted by Gasteiger charge is -2.32. The van der Waals surface area contributed by atoms with Crippen LogP contribution in [0.5, 0.6) is 0 Å². The quantitative estimate of drug-likeness (QED) is 0.506. The van der Waals surface area contributed by atoms with Crippen molar-refractivity contribution in [2.75, 3.05) is 6.61 Å². The van der Waals surface area contributed by atoms with E-state index in [-0.39, 0.29) is 0 Å². The van der Waals surface area contributed by atoms with Crippen molar-refractivity contribution in [2.45, 2.75) is 71.3 Å². The van der Waals surface area contributed by atoms with Gasteiger partial charge in [-0.05, 0) is 39.8 Å². The van der Waals surface area contributed by atoms with Gasteiger partial charge < -0.3 is 14.0 Å². The van der Waals surface area contributed by atoms with E-state index in [0.29, 0.717) is 30.2 Å². The molecule has 6 nitrogen and oxygen atoms in total. The van der Waals surface area contributed by atoms with E-state index >= 15 is 0 Å². The Balaban J connectivity index is 1.73. The summed E-state index contributed by atoms with van der Waals surface area (Å²) in [4.78, 5) is 4.28. The first kappa shape index (κ1) is 22.1. The Morgan fingerprint density at radius 3 is 2.38 bits per heavy atom. The molecule has 2 aromatic rings. The van der Waals surface area contributed by atoms with Crippen molar-refractivity contribution in [3.63, 3.8) is 0 Å². The lowest BCUT2D eigenvalue weighted by molar-refractivity contribution is 0.00578. The first-order chi connectivity index (χ1) is 13.4. The van der Waals surface area contributed by atoms with E-state index in [0.717, 1.165) is 6.04 Å².